The molecule has 10 nitrogen and oxygen atoms in total. The lowest BCUT2D eigenvalue weighted by atomic mass is 9.96. The molecule has 10 heteroatoms. The van der Waals surface area contributed by atoms with Gasteiger partial charge in [-0.05, 0) is 55.5 Å². The third kappa shape index (κ3) is 6.69. The summed E-state index contributed by atoms with van der Waals surface area (Å²) in [5, 5.41) is 2.48. The van der Waals surface area contributed by atoms with Gasteiger partial charge in [-0.25, -0.2) is 10.3 Å². The molecule has 4 rings (SSSR count). The lowest BCUT2D eigenvalue weighted by molar-refractivity contribution is -0.204. The predicted molar refractivity (Wildman–Crippen MR) is 150 cm³/mol. The van der Waals surface area contributed by atoms with Crippen LogP contribution in [-0.2, 0) is 30.4 Å². The van der Waals surface area contributed by atoms with Gasteiger partial charge in [0.05, 0.1) is 6.10 Å². The van der Waals surface area contributed by atoms with Crippen LogP contribution in [0.15, 0.2) is 48.5 Å². The van der Waals surface area contributed by atoms with E-state index in [9.17, 15) is 14.4 Å². The first-order valence-electron chi connectivity index (χ1n) is 13.9. The molecule has 0 saturated carbocycles. The second kappa shape index (κ2) is 13.4. The normalized spacial score (nSPS) is 19.2. The van der Waals surface area contributed by atoms with Crippen LogP contribution < -0.4 is 10.8 Å². The maximum atomic E-state index is 13.4. The molecule has 2 aliphatic heterocycles. The Hall–Kier alpha value is -3.31. The van der Waals surface area contributed by atoms with Crippen LogP contribution in [0.2, 0.25) is 0 Å². The predicted octanol–water partition coefficient (Wildman–Crippen LogP) is 2.73. The summed E-state index contributed by atoms with van der Waals surface area (Å²) in [5.74, 6) is -1.88. The fraction of sp³-hybridized carbons (Fsp3) is 0.500. The number of amides is 3. The molecule has 2 N–H and O–H groups in total. The van der Waals surface area contributed by atoms with E-state index < -0.39 is 29.6 Å². The molecule has 40 heavy (non-hydrogen) atoms. The Labute approximate surface area is 235 Å². The van der Waals surface area contributed by atoms with Gasteiger partial charge in [0.1, 0.15) is 0 Å². The highest BCUT2D eigenvalue weighted by molar-refractivity contribution is 6.12. The van der Waals surface area contributed by atoms with E-state index in [1.54, 1.807) is 12.1 Å². The van der Waals surface area contributed by atoms with Crippen molar-refractivity contribution >= 4 is 17.7 Å². The molecule has 0 aliphatic carbocycles. The van der Waals surface area contributed by atoms with Crippen LogP contribution in [0.4, 0.5) is 0 Å². The molecule has 0 radical (unpaired) electrons. The van der Waals surface area contributed by atoms with Crippen molar-refractivity contribution in [2.24, 2.45) is 0 Å². The Morgan fingerprint density at radius 1 is 1.02 bits per heavy atom. The van der Waals surface area contributed by atoms with Crippen molar-refractivity contribution < 1.29 is 28.7 Å². The van der Waals surface area contributed by atoms with Crippen molar-refractivity contribution in [3.8, 4) is 11.1 Å². The third-order valence-corrected chi connectivity index (χ3v) is 7.66. The summed E-state index contributed by atoms with van der Waals surface area (Å²) in [6.45, 7) is 7.51. The molecule has 216 valence electrons. The van der Waals surface area contributed by atoms with E-state index in [4.69, 9.17) is 14.3 Å². The molecule has 0 spiro atoms. The van der Waals surface area contributed by atoms with Crippen molar-refractivity contribution in [1.82, 2.24) is 20.6 Å². The topological polar surface area (TPSA) is 109 Å². The first kappa shape index (κ1) is 29.7. The molecule has 2 saturated heterocycles. The van der Waals surface area contributed by atoms with Gasteiger partial charge >= 0.3 is 0 Å². The van der Waals surface area contributed by atoms with Gasteiger partial charge in [0.25, 0.3) is 17.7 Å². The molecular weight excluding hydrogens is 512 g/mol. The lowest BCUT2D eigenvalue weighted by Gasteiger charge is -2.38. The minimum atomic E-state index is -1.85. The Morgan fingerprint density at radius 3 is 2.25 bits per heavy atom. The van der Waals surface area contributed by atoms with E-state index in [0.717, 1.165) is 55.1 Å². The summed E-state index contributed by atoms with van der Waals surface area (Å²) in [7, 11) is 2.84. The van der Waals surface area contributed by atoms with Gasteiger partial charge in [0.15, 0.2) is 11.8 Å². The van der Waals surface area contributed by atoms with E-state index in [1.807, 2.05) is 19.1 Å². The minimum absolute atomic E-state index is 0.345. The molecule has 2 aromatic rings. The average Bonchev–Trinajstić information content (AvgIpc) is 2.98. The van der Waals surface area contributed by atoms with Crippen molar-refractivity contribution in [3.05, 3.63) is 59.7 Å². The van der Waals surface area contributed by atoms with Gasteiger partial charge < -0.3 is 19.7 Å². The SMILES string of the molecule is CCOC1CN(Cc2ccc(-c3ccc(C(=O)N(C)[C@@](C)(C(=O)NC)C(=O)NOC4CCCCO4)cc3)cc2)C1. The van der Waals surface area contributed by atoms with Crippen LogP contribution in [0, 0.1) is 0 Å². The van der Waals surface area contributed by atoms with Gasteiger partial charge in [-0.3, -0.25) is 19.3 Å². The zero-order valence-electron chi connectivity index (χ0n) is 23.8. The zero-order chi connectivity index (χ0) is 28.7. The van der Waals surface area contributed by atoms with Gasteiger partial charge in [0, 0.05) is 58.9 Å². The molecule has 0 bridgehead atoms. The van der Waals surface area contributed by atoms with Crippen molar-refractivity contribution in [2.45, 2.75) is 57.6 Å². The first-order valence-corrected chi connectivity index (χ1v) is 13.9. The summed E-state index contributed by atoms with van der Waals surface area (Å²) in [6.07, 6.45) is 2.24. The number of likely N-dealkylation sites (tertiary alicyclic amines) is 1. The first-order chi connectivity index (χ1) is 19.3. The van der Waals surface area contributed by atoms with Crippen molar-refractivity contribution in [3.63, 3.8) is 0 Å². The highest BCUT2D eigenvalue weighted by Crippen LogP contribution is 2.24. The third-order valence-electron chi connectivity index (χ3n) is 7.66. The standard InChI is InChI=1S/C30H40N4O6/c1-5-38-25-19-34(20-25)18-21-9-11-22(12-10-21)23-13-15-24(16-14-23)27(35)33(4)30(2,28(36)31-3)29(37)32-40-26-8-6-7-17-39-26/h9-16,25-26H,5-8,17-20H2,1-4H3,(H,31,36)(H,32,37)/t26?,30-/m0/s1. The molecule has 1 unspecified atom stereocenters. The van der Waals surface area contributed by atoms with Crippen LogP contribution in [0.5, 0.6) is 0 Å². The maximum absolute atomic E-state index is 13.4. The zero-order valence-corrected chi connectivity index (χ0v) is 23.8. The summed E-state index contributed by atoms with van der Waals surface area (Å²) < 4.78 is 11.1. The number of likely N-dealkylation sites (N-methyl/N-ethyl adjacent to an activating group) is 2. The molecule has 2 fully saturated rings. The van der Waals surface area contributed by atoms with Crippen LogP contribution in [0.25, 0.3) is 11.1 Å². The van der Waals surface area contributed by atoms with E-state index in [0.29, 0.717) is 24.7 Å². The lowest BCUT2D eigenvalue weighted by Crippen LogP contribution is -2.65. The summed E-state index contributed by atoms with van der Waals surface area (Å²) >= 11 is 0. The molecule has 2 aromatic carbocycles. The molecular formula is C30H40N4O6. The monoisotopic (exact) mass is 552 g/mol. The Kier molecular flexibility index (Phi) is 9.91. The van der Waals surface area contributed by atoms with E-state index in [-0.39, 0.29) is 0 Å². The number of hydrogen-bond acceptors (Lipinski definition) is 7. The summed E-state index contributed by atoms with van der Waals surface area (Å²) in [4.78, 5) is 48.3. The molecule has 3 amide bonds. The Balaban J connectivity index is 1.39. The number of hydrogen-bond donors (Lipinski definition) is 2. The number of nitrogens with one attached hydrogen (secondary N) is 2. The van der Waals surface area contributed by atoms with Gasteiger partial charge in [-0.15, -0.1) is 0 Å². The molecule has 0 aromatic heterocycles. The van der Waals surface area contributed by atoms with E-state index in [1.165, 1.54) is 26.6 Å². The number of carbonyl (C=O) groups is 3. The minimum Gasteiger partial charge on any atom is -0.376 e. The summed E-state index contributed by atoms with van der Waals surface area (Å²) in [5.41, 5.74) is 4.05. The number of carbonyl (C=O) groups excluding carboxylic acids is 3. The van der Waals surface area contributed by atoms with E-state index >= 15 is 0 Å². The average molecular weight is 553 g/mol. The molecule has 2 aliphatic rings. The fourth-order valence-electron chi connectivity index (χ4n) is 4.93. The van der Waals surface area contributed by atoms with Gasteiger partial charge in [-0.1, -0.05) is 36.4 Å². The van der Waals surface area contributed by atoms with Gasteiger partial charge in [-0.2, -0.15) is 0 Å². The number of nitrogens with zero attached hydrogens (tertiary/aromatic N) is 2. The second-order valence-corrected chi connectivity index (χ2v) is 10.4. The number of benzene rings is 2. The summed E-state index contributed by atoms with van der Waals surface area (Å²) in [6, 6.07) is 15.5. The van der Waals surface area contributed by atoms with Crippen molar-refractivity contribution in [2.75, 3.05) is 40.4 Å². The Morgan fingerprint density at radius 2 is 1.68 bits per heavy atom. The maximum Gasteiger partial charge on any atom is 0.279 e. The van der Waals surface area contributed by atoms with Crippen molar-refractivity contribution in [1.29, 1.82) is 0 Å². The molecule has 2 atom stereocenters. The number of hydroxylamine groups is 1. The highest BCUT2D eigenvalue weighted by atomic mass is 16.8. The van der Waals surface area contributed by atoms with Gasteiger partial charge in [0.2, 0.25) is 0 Å². The Bertz CT molecular complexity index is 1160. The second-order valence-electron chi connectivity index (χ2n) is 10.4. The van der Waals surface area contributed by atoms with Crippen LogP contribution in [-0.4, -0.2) is 85.9 Å². The van der Waals surface area contributed by atoms with E-state index in [2.05, 4.69) is 40.0 Å². The van der Waals surface area contributed by atoms with Crippen LogP contribution in [0.1, 0.15) is 49.0 Å². The quantitative estimate of drug-likeness (QED) is 0.326. The highest BCUT2D eigenvalue weighted by Gasteiger charge is 2.47. The fourth-order valence-corrected chi connectivity index (χ4v) is 4.93. The largest absolute Gasteiger partial charge is 0.376 e. The number of rotatable bonds is 11. The number of ether oxygens (including phenoxy) is 2. The smallest absolute Gasteiger partial charge is 0.279 e. The van der Waals surface area contributed by atoms with Crippen LogP contribution in [0.3, 0.4) is 0 Å². The molecule has 2 heterocycles. The van der Waals surface area contributed by atoms with Crippen LogP contribution >= 0.6 is 0 Å².